The van der Waals surface area contributed by atoms with Crippen LogP contribution in [0.5, 0.6) is 5.75 Å². The van der Waals surface area contributed by atoms with Crippen LogP contribution in [0.15, 0.2) is 78.4 Å². The van der Waals surface area contributed by atoms with E-state index >= 15 is 0 Å². The molecule has 1 N–H and O–H groups in total. The lowest BCUT2D eigenvalue weighted by atomic mass is 10.2. The number of aromatic nitrogens is 2. The van der Waals surface area contributed by atoms with E-state index in [2.05, 4.69) is 15.5 Å². The first-order chi connectivity index (χ1) is 11.9. The summed E-state index contributed by atoms with van der Waals surface area (Å²) < 4.78 is 7.84. The summed E-state index contributed by atoms with van der Waals surface area (Å²) in [5, 5.41) is 4.24. The summed E-state index contributed by atoms with van der Waals surface area (Å²) in [4.78, 5) is 4.02. The number of nitrogens with zero attached hydrogens (tertiary/aromatic N) is 3. The number of imidazole rings is 1. The molecular weight excluding hydrogens is 300 g/mol. The van der Waals surface area contributed by atoms with E-state index in [4.69, 9.17) is 4.74 Å². The second kappa shape index (κ2) is 8.53. The third-order valence-electron chi connectivity index (χ3n) is 3.43. The maximum absolute atomic E-state index is 5.79. The van der Waals surface area contributed by atoms with E-state index in [1.54, 1.807) is 12.4 Å². The van der Waals surface area contributed by atoms with Gasteiger partial charge in [-0.2, -0.15) is 5.10 Å². The molecule has 24 heavy (non-hydrogen) atoms. The topological polar surface area (TPSA) is 51.4 Å². The highest BCUT2D eigenvalue weighted by molar-refractivity contribution is 5.80. The molecule has 5 heteroatoms. The lowest BCUT2D eigenvalue weighted by Gasteiger charge is -2.07. The fraction of sp³-hybridized carbons (Fsp3) is 0.158. The molecule has 1 aromatic heterocycles. The Morgan fingerprint density at radius 3 is 2.88 bits per heavy atom. The average molecular weight is 320 g/mol. The van der Waals surface area contributed by atoms with Crippen molar-refractivity contribution < 1.29 is 4.74 Å². The monoisotopic (exact) mass is 320 g/mol. The minimum absolute atomic E-state index is 0.668. The molecule has 2 aromatic carbocycles. The number of aryl methyl sites for hydroxylation is 1. The third-order valence-corrected chi connectivity index (χ3v) is 3.43. The average Bonchev–Trinajstić information content (AvgIpc) is 3.14. The molecule has 0 saturated heterocycles. The molecule has 0 bridgehead atoms. The highest BCUT2D eigenvalue weighted by Gasteiger charge is 1.96. The van der Waals surface area contributed by atoms with Gasteiger partial charge in [0.15, 0.2) is 0 Å². The van der Waals surface area contributed by atoms with Crippen molar-refractivity contribution >= 4 is 11.9 Å². The maximum atomic E-state index is 5.79. The molecule has 5 nitrogen and oxygen atoms in total. The van der Waals surface area contributed by atoms with Gasteiger partial charge in [-0.15, -0.1) is 0 Å². The second-order valence-corrected chi connectivity index (χ2v) is 5.31. The lowest BCUT2D eigenvalue weighted by Crippen LogP contribution is -2.03. The fourth-order valence-electron chi connectivity index (χ4n) is 2.23. The van der Waals surface area contributed by atoms with E-state index in [0.717, 1.165) is 30.0 Å². The van der Waals surface area contributed by atoms with Crippen LogP contribution in [0.1, 0.15) is 12.0 Å². The SMILES string of the molecule is C(=NNc1ccccc1)c1cccc(OCCCn2ccnc2)c1. The molecule has 0 unspecified atom stereocenters. The number of para-hydroxylation sites is 1. The Morgan fingerprint density at radius 2 is 2.04 bits per heavy atom. The Bertz CT molecular complexity index is 754. The van der Waals surface area contributed by atoms with E-state index in [-0.39, 0.29) is 0 Å². The molecule has 0 aliphatic heterocycles. The minimum atomic E-state index is 0.668. The van der Waals surface area contributed by atoms with Gasteiger partial charge < -0.3 is 9.30 Å². The van der Waals surface area contributed by atoms with Crippen LogP contribution in [-0.4, -0.2) is 22.4 Å². The van der Waals surface area contributed by atoms with Crippen LogP contribution in [0, 0.1) is 0 Å². The normalized spacial score (nSPS) is 10.8. The molecule has 3 aromatic rings. The molecule has 1 heterocycles. The van der Waals surface area contributed by atoms with Crippen molar-refractivity contribution in [1.29, 1.82) is 0 Å². The zero-order valence-electron chi connectivity index (χ0n) is 13.4. The predicted octanol–water partition coefficient (Wildman–Crippen LogP) is 3.80. The maximum Gasteiger partial charge on any atom is 0.119 e. The summed E-state index contributed by atoms with van der Waals surface area (Å²) in [5.74, 6) is 0.851. The summed E-state index contributed by atoms with van der Waals surface area (Å²) in [6.07, 6.45) is 8.27. The minimum Gasteiger partial charge on any atom is -0.494 e. The molecule has 3 rings (SSSR count). The summed E-state index contributed by atoms with van der Waals surface area (Å²) in [6, 6.07) is 17.7. The van der Waals surface area contributed by atoms with Crippen LogP contribution < -0.4 is 10.2 Å². The predicted molar refractivity (Wildman–Crippen MR) is 96.4 cm³/mol. The van der Waals surface area contributed by atoms with E-state index in [9.17, 15) is 0 Å². The van der Waals surface area contributed by atoms with E-state index in [1.807, 2.05) is 71.7 Å². The van der Waals surface area contributed by atoms with E-state index in [0.29, 0.717) is 6.61 Å². The van der Waals surface area contributed by atoms with Gasteiger partial charge in [-0.25, -0.2) is 4.98 Å². The number of ether oxygens (including phenoxy) is 1. The molecule has 0 atom stereocenters. The molecule has 0 spiro atoms. The molecular formula is C19H20N4O. The Morgan fingerprint density at radius 1 is 1.12 bits per heavy atom. The standard InChI is InChI=1S/C19H20N4O/c1-2-7-18(8-3-1)22-21-15-17-6-4-9-19(14-17)24-13-5-11-23-12-10-20-16-23/h1-4,6-10,12,14-16,22H,5,11,13H2. The molecule has 0 aliphatic rings. The Hall–Kier alpha value is -3.08. The zero-order chi connectivity index (χ0) is 16.5. The Labute approximate surface area is 141 Å². The number of anilines is 1. The highest BCUT2D eigenvalue weighted by Crippen LogP contribution is 2.13. The van der Waals surface area contributed by atoms with Crippen molar-refractivity contribution in [3.63, 3.8) is 0 Å². The van der Waals surface area contributed by atoms with Gasteiger partial charge in [0.05, 0.1) is 24.8 Å². The number of hydrogen-bond donors (Lipinski definition) is 1. The van der Waals surface area contributed by atoms with Gasteiger partial charge in [0.2, 0.25) is 0 Å². The van der Waals surface area contributed by atoms with Crippen LogP contribution in [0.3, 0.4) is 0 Å². The largest absolute Gasteiger partial charge is 0.494 e. The summed E-state index contributed by atoms with van der Waals surface area (Å²) in [6.45, 7) is 1.57. The first kappa shape index (κ1) is 15.8. The van der Waals surface area contributed by atoms with Gasteiger partial charge in [0, 0.05) is 18.9 Å². The summed E-state index contributed by atoms with van der Waals surface area (Å²) in [7, 11) is 0. The highest BCUT2D eigenvalue weighted by atomic mass is 16.5. The van der Waals surface area contributed by atoms with Gasteiger partial charge in [-0.3, -0.25) is 5.43 Å². The van der Waals surface area contributed by atoms with Gasteiger partial charge in [-0.1, -0.05) is 30.3 Å². The summed E-state index contributed by atoms with van der Waals surface area (Å²) >= 11 is 0. The van der Waals surface area contributed by atoms with Crippen LogP contribution in [-0.2, 0) is 6.54 Å². The van der Waals surface area contributed by atoms with E-state index in [1.165, 1.54) is 0 Å². The van der Waals surface area contributed by atoms with Gasteiger partial charge >= 0.3 is 0 Å². The van der Waals surface area contributed by atoms with E-state index < -0.39 is 0 Å². The first-order valence-electron chi connectivity index (χ1n) is 7.93. The van der Waals surface area contributed by atoms with Crippen LogP contribution in [0.2, 0.25) is 0 Å². The van der Waals surface area contributed by atoms with Crippen molar-refractivity contribution in [3.8, 4) is 5.75 Å². The number of benzene rings is 2. The van der Waals surface area contributed by atoms with Crippen LogP contribution in [0.4, 0.5) is 5.69 Å². The number of hydrazone groups is 1. The van der Waals surface area contributed by atoms with Crippen molar-refractivity contribution in [2.24, 2.45) is 5.10 Å². The third kappa shape index (κ3) is 4.98. The van der Waals surface area contributed by atoms with Gasteiger partial charge in [0.25, 0.3) is 0 Å². The summed E-state index contributed by atoms with van der Waals surface area (Å²) in [5.41, 5.74) is 4.95. The Balaban J connectivity index is 1.46. The number of nitrogens with one attached hydrogen (secondary N) is 1. The molecule has 0 amide bonds. The molecule has 0 fully saturated rings. The first-order valence-corrected chi connectivity index (χ1v) is 7.93. The van der Waals surface area contributed by atoms with Crippen LogP contribution in [0.25, 0.3) is 0 Å². The Kier molecular flexibility index (Phi) is 5.61. The zero-order valence-corrected chi connectivity index (χ0v) is 13.4. The molecule has 0 radical (unpaired) electrons. The second-order valence-electron chi connectivity index (χ2n) is 5.31. The fourth-order valence-corrected chi connectivity index (χ4v) is 2.23. The van der Waals surface area contributed by atoms with Gasteiger partial charge in [0.1, 0.15) is 5.75 Å². The van der Waals surface area contributed by atoms with Crippen molar-refractivity contribution in [1.82, 2.24) is 9.55 Å². The van der Waals surface area contributed by atoms with Crippen molar-refractivity contribution in [2.45, 2.75) is 13.0 Å². The molecule has 0 saturated carbocycles. The number of hydrogen-bond acceptors (Lipinski definition) is 4. The quantitative estimate of drug-likeness (QED) is 0.390. The van der Waals surface area contributed by atoms with Gasteiger partial charge in [-0.05, 0) is 36.2 Å². The molecule has 0 aliphatic carbocycles. The lowest BCUT2D eigenvalue weighted by molar-refractivity contribution is 0.301. The molecule has 122 valence electrons. The van der Waals surface area contributed by atoms with Crippen LogP contribution >= 0.6 is 0 Å². The smallest absolute Gasteiger partial charge is 0.119 e. The number of rotatable bonds is 8. The van der Waals surface area contributed by atoms with Crippen molar-refractivity contribution in [2.75, 3.05) is 12.0 Å². The van der Waals surface area contributed by atoms with Crippen molar-refractivity contribution in [3.05, 3.63) is 78.9 Å².